The summed E-state index contributed by atoms with van der Waals surface area (Å²) in [6.45, 7) is 0. The molecular weight excluding hydrogens is 627 g/mol. The average Bonchev–Trinajstić information content (AvgIpc) is 3.66. The van der Waals surface area contributed by atoms with E-state index < -0.39 is 0 Å². The van der Waals surface area contributed by atoms with Crippen molar-refractivity contribution in [2.24, 2.45) is 0 Å². The Hall–Kier alpha value is -5.92. The fourth-order valence-corrected chi connectivity index (χ4v) is 10.0. The molecule has 11 rings (SSSR count). The molecule has 0 N–H and O–H groups in total. The van der Waals surface area contributed by atoms with Crippen LogP contribution in [0.3, 0.4) is 0 Å². The molecule has 248 valence electrons. The average molecular weight is 666 g/mol. The fraction of sp³-hybridized carbons (Fsp3) is 0.137. The van der Waals surface area contributed by atoms with Gasteiger partial charge in [0.15, 0.2) is 0 Å². The van der Waals surface area contributed by atoms with E-state index in [-0.39, 0.29) is 5.41 Å². The standard InChI is InChI=1S/C51H39N/c1-3-13-34(14-4-1)35-23-26-41(27-24-35)52(40-17-5-2-6-18-40)42-28-25-38-31-46-45-30-36-15-7-8-16-37(36)32-49(45)51(50(46)33-39(38)29-42)47-21-11-9-19-43(47)44-20-10-12-22-48(44)51/h2,5-12,15-34H,1,3-4,13-14H2. The summed E-state index contributed by atoms with van der Waals surface area (Å²) >= 11 is 0. The number of benzene rings is 8. The Kier molecular flexibility index (Phi) is 6.61. The van der Waals surface area contributed by atoms with E-state index >= 15 is 0 Å². The van der Waals surface area contributed by atoms with Crippen LogP contribution in [-0.2, 0) is 5.41 Å². The summed E-state index contributed by atoms with van der Waals surface area (Å²) < 4.78 is 0. The number of fused-ring (bicyclic) bond motifs is 12. The molecule has 0 bridgehead atoms. The maximum Gasteiger partial charge on any atom is 0.0725 e. The van der Waals surface area contributed by atoms with Crippen LogP contribution in [0.1, 0.15) is 65.8 Å². The Morgan fingerprint density at radius 3 is 1.56 bits per heavy atom. The summed E-state index contributed by atoms with van der Waals surface area (Å²) in [6, 6.07) is 64.3. The molecule has 1 fully saturated rings. The SMILES string of the molecule is c1ccc(N(c2ccc(C3CCCCC3)cc2)c2ccc3cc4c(cc3c2)C2(c3ccccc3-c3ccccc32)c2cc3ccccc3cc2-4)cc1. The molecule has 1 saturated carbocycles. The van der Waals surface area contributed by atoms with Crippen molar-refractivity contribution in [3.8, 4) is 22.3 Å². The molecule has 1 heteroatoms. The van der Waals surface area contributed by atoms with Crippen molar-refractivity contribution in [3.05, 3.63) is 198 Å². The van der Waals surface area contributed by atoms with Gasteiger partial charge in [0.2, 0.25) is 0 Å². The van der Waals surface area contributed by atoms with E-state index in [0.29, 0.717) is 5.92 Å². The molecule has 0 aliphatic heterocycles. The van der Waals surface area contributed by atoms with Crippen LogP contribution in [-0.4, -0.2) is 0 Å². The minimum atomic E-state index is -0.389. The number of hydrogen-bond acceptors (Lipinski definition) is 1. The number of anilines is 3. The lowest BCUT2D eigenvalue weighted by Crippen LogP contribution is -2.25. The quantitative estimate of drug-likeness (QED) is 0.181. The second kappa shape index (κ2) is 11.6. The maximum absolute atomic E-state index is 2.52. The minimum absolute atomic E-state index is 0.389. The van der Waals surface area contributed by atoms with Gasteiger partial charge in [-0.3, -0.25) is 0 Å². The number of hydrogen-bond donors (Lipinski definition) is 0. The van der Waals surface area contributed by atoms with Crippen LogP contribution < -0.4 is 4.90 Å². The van der Waals surface area contributed by atoms with Gasteiger partial charge in [0.1, 0.15) is 0 Å². The number of rotatable bonds is 4. The van der Waals surface area contributed by atoms with Crippen LogP contribution >= 0.6 is 0 Å². The van der Waals surface area contributed by atoms with Crippen molar-refractivity contribution in [2.75, 3.05) is 4.90 Å². The van der Waals surface area contributed by atoms with Gasteiger partial charge in [0.05, 0.1) is 5.41 Å². The van der Waals surface area contributed by atoms with Crippen molar-refractivity contribution in [2.45, 2.75) is 43.4 Å². The van der Waals surface area contributed by atoms with Gasteiger partial charge in [-0.2, -0.15) is 0 Å². The Morgan fingerprint density at radius 2 is 0.885 bits per heavy atom. The van der Waals surface area contributed by atoms with E-state index in [4.69, 9.17) is 0 Å². The van der Waals surface area contributed by atoms with Crippen molar-refractivity contribution in [1.29, 1.82) is 0 Å². The first-order valence-electron chi connectivity index (χ1n) is 19.0. The largest absolute Gasteiger partial charge is 0.310 e. The van der Waals surface area contributed by atoms with E-state index in [1.54, 1.807) is 0 Å². The maximum atomic E-state index is 2.52. The molecule has 0 amide bonds. The first kappa shape index (κ1) is 29.8. The third-order valence-corrected chi connectivity index (χ3v) is 12.4. The molecule has 3 aliphatic rings. The molecule has 0 saturated heterocycles. The third-order valence-electron chi connectivity index (χ3n) is 12.4. The zero-order valence-corrected chi connectivity index (χ0v) is 29.2. The molecule has 8 aromatic rings. The Balaban J connectivity index is 1.13. The van der Waals surface area contributed by atoms with E-state index in [2.05, 4.69) is 175 Å². The van der Waals surface area contributed by atoms with Gasteiger partial charge in [-0.1, -0.05) is 128 Å². The van der Waals surface area contributed by atoms with Crippen LogP contribution in [0.4, 0.5) is 17.1 Å². The predicted octanol–water partition coefficient (Wildman–Crippen LogP) is 13.9. The van der Waals surface area contributed by atoms with E-state index in [1.807, 2.05) is 0 Å². The normalized spacial score (nSPS) is 15.4. The zero-order chi connectivity index (χ0) is 34.2. The molecule has 0 aromatic heterocycles. The van der Waals surface area contributed by atoms with E-state index in [9.17, 15) is 0 Å². The zero-order valence-electron chi connectivity index (χ0n) is 29.2. The molecular formula is C51H39N. The van der Waals surface area contributed by atoms with Crippen LogP contribution in [0.25, 0.3) is 43.8 Å². The molecule has 8 aromatic carbocycles. The Bertz CT molecular complexity index is 2620. The van der Waals surface area contributed by atoms with Gasteiger partial charge in [-0.05, 0) is 151 Å². The molecule has 0 unspecified atom stereocenters. The lowest BCUT2D eigenvalue weighted by molar-refractivity contribution is 0.443. The lowest BCUT2D eigenvalue weighted by atomic mass is 9.70. The third kappa shape index (κ3) is 4.29. The molecule has 3 aliphatic carbocycles. The highest BCUT2D eigenvalue weighted by molar-refractivity contribution is 6.04. The number of para-hydroxylation sites is 1. The van der Waals surface area contributed by atoms with Gasteiger partial charge in [-0.25, -0.2) is 0 Å². The van der Waals surface area contributed by atoms with E-state index in [1.165, 1.54) is 121 Å². The van der Waals surface area contributed by atoms with E-state index in [0.717, 1.165) is 0 Å². The second-order valence-corrected chi connectivity index (χ2v) is 15.1. The highest BCUT2D eigenvalue weighted by Crippen LogP contribution is 2.63. The summed E-state index contributed by atoms with van der Waals surface area (Å²) in [7, 11) is 0. The Labute approximate surface area is 305 Å². The summed E-state index contributed by atoms with van der Waals surface area (Å²) in [5, 5.41) is 5.09. The van der Waals surface area contributed by atoms with Crippen LogP contribution in [0, 0.1) is 0 Å². The first-order valence-corrected chi connectivity index (χ1v) is 19.0. The number of nitrogens with zero attached hydrogens (tertiary/aromatic N) is 1. The van der Waals surface area contributed by atoms with Gasteiger partial charge in [0.25, 0.3) is 0 Å². The van der Waals surface area contributed by atoms with Crippen LogP contribution in [0.2, 0.25) is 0 Å². The first-order chi connectivity index (χ1) is 25.8. The van der Waals surface area contributed by atoms with Crippen molar-refractivity contribution >= 4 is 38.6 Å². The van der Waals surface area contributed by atoms with Gasteiger partial charge >= 0.3 is 0 Å². The Morgan fingerprint density at radius 1 is 0.365 bits per heavy atom. The highest BCUT2D eigenvalue weighted by Gasteiger charge is 2.51. The summed E-state index contributed by atoms with van der Waals surface area (Å²) in [5.74, 6) is 0.690. The van der Waals surface area contributed by atoms with Crippen LogP contribution in [0.15, 0.2) is 170 Å². The monoisotopic (exact) mass is 665 g/mol. The predicted molar refractivity (Wildman–Crippen MR) is 218 cm³/mol. The molecule has 0 heterocycles. The topological polar surface area (TPSA) is 3.24 Å². The molecule has 52 heavy (non-hydrogen) atoms. The van der Waals surface area contributed by atoms with Crippen molar-refractivity contribution < 1.29 is 0 Å². The molecule has 0 radical (unpaired) electrons. The van der Waals surface area contributed by atoms with Gasteiger partial charge < -0.3 is 4.90 Å². The van der Waals surface area contributed by atoms with Crippen molar-refractivity contribution in [3.63, 3.8) is 0 Å². The molecule has 1 spiro atoms. The summed E-state index contributed by atoms with van der Waals surface area (Å²) in [6.07, 6.45) is 6.71. The summed E-state index contributed by atoms with van der Waals surface area (Å²) in [5.41, 5.74) is 15.5. The summed E-state index contributed by atoms with van der Waals surface area (Å²) in [4.78, 5) is 2.43. The minimum Gasteiger partial charge on any atom is -0.310 e. The van der Waals surface area contributed by atoms with Gasteiger partial charge in [0, 0.05) is 17.1 Å². The highest BCUT2D eigenvalue weighted by atomic mass is 15.1. The fourth-order valence-electron chi connectivity index (χ4n) is 10.0. The van der Waals surface area contributed by atoms with Gasteiger partial charge in [-0.15, -0.1) is 0 Å². The molecule has 1 nitrogen and oxygen atoms in total. The second-order valence-electron chi connectivity index (χ2n) is 15.1. The molecule has 0 atom stereocenters. The lowest BCUT2D eigenvalue weighted by Gasteiger charge is -2.31. The smallest absolute Gasteiger partial charge is 0.0725 e. The van der Waals surface area contributed by atoms with Crippen molar-refractivity contribution in [1.82, 2.24) is 0 Å². The van der Waals surface area contributed by atoms with Crippen LogP contribution in [0.5, 0.6) is 0 Å².